The average Bonchev–Trinajstić information content (AvgIpc) is 2.83. The van der Waals surface area contributed by atoms with Crippen molar-refractivity contribution in [1.82, 2.24) is 15.5 Å². The number of hydrogen-bond acceptors (Lipinski definition) is 5. The molecule has 0 aromatic heterocycles. The van der Waals surface area contributed by atoms with Crippen molar-refractivity contribution in [3.05, 3.63) is 70.8 Å². The summed E-state index contributed by atoms with van der Waals surface area (Å²) >= 11 is 0. The molecule has 214 valence electrons. The van der Waals surface area contributed by atoms with Crippen LogP contribution in [0.4, 0.5) is 4.79 Å². The molecule has 8 heteroatoms. The lowest BCUT2D eigenvalue weighted by Crippen LogP contribution is -2.55. The van der Waals surface area contributed by atoms with Crippen LogP contribution in [0.1, 0.15) is 75.8 Å². The summed E-state index contributed by atoms with van der Waals surface area (Å²) in [6.45, 7) is 12.6. The predicted octanol–water partition coefficient (Wildman–Crippen LogP) is 4.61. The van der Waals surface area contributed by atoms with Crippen LogP contribution in [0, 0.1) is 13.8 Å². The molecule has 0 bridgehead atoms. The maximum Gasteiger partial charge on any atom is 0.408 e. The SMILES string of the molecule is CCCC(C)NC(=O)C(c1ccc(C)cc1C)N(CCO)C(=O)C(Cc1ccccc1)NC(=O)OC(C)(C)C. The molecular weight excluding hydrogens is 494 g/mol. The van der Waals surface area contributed by atoms with Gasteiger partial charge in [-0.1, -0.05) is 67.4 Å². The quantitative estimate of drug-likeness (QED) is 0.365. The number of alkyl carbamates (subject to hydrolysis) is 1. The van der Waals surface area contributed by atoms with Gasteiger partial charge < -0.3 is 25.4 Å². The van der Waals surface area contributed by atoms with Crippen molar-refractivity contribution in [3.63, 3.8) is 0 Å². The number of aliphatic hydroxyl groups excluding tert-OH is 1. The van der Waals surface area contributed by atoms with Crippen LogP contribution in [0.3, 0.4) is 0 Å². The number of nitrogens with one attached hydrogen (secondary N) is 2. The highest BCUT2D eigenvalue weighted by Gasteiger charge is 2.37. The van der Waals surface area contributed by atoms with E-state index in [4.69, 9.17) is 4.74 Å². The van der Waals surface area contributed by atoms with Crippen LogP contribution in [0.2, 0.25) is 0 Å². The minimum atomic E-state index is -1.03. The number of hydrogen-bond donors (Lipinski definition) is 3. The number of amides is 3. The highest BCUT2D eigenvalue weighted by Crippen LogP contribution is 2.27. The molecular formula is C31H45N3O5. The van der Waals surface area contributed by atoms with Gasteiger partial charge in [0.05, 0.1) is 6.61 Å². The molecule has 3 amide bonds. The largest absolute Gasteiger partial charge is 0.444 e. The number of aliphatic hydroxyl groups is 1. The Morgan fingerprint density at radius 2 is 1.69 bits per heavy atom. The molecule has 3 unspecified atom stereocenters. The van der Waals surface area contributed by atoms with E-state index in [1.807, 2.05) is 76.2 Å². The van der Waals surface area contributed by atoms with Gasteiger partial charge in [0.1, 0.15) is 17.7 Å². The van der Waals surface area contributed by atoms with Crippen LogP contribution in [0.5, 0.6) is 0 Å². The summed E-state index contributed by atoms with van der Waals surface area (Å²) < 4.78 is 5.45. The number of rotatable bonds is 12. The number of benzene rings is 2. The summed E-state index contributed by atoms with van der Waals surface area (Å²) in [7, 11) is 0. The van der Waals surface area contributed by atoms with Crippen molar-refractivity contribution in [2.24, 2.45) is 0 Å². The third kappa shape index (κ3) is 10.0. The molecule has 39 heavy (non-hydrogen) atoms. The molecule has 0 spiro atoms. The molecule has 0 fully saturated rings. The Labute approximate surface area is 233 Å². The molecule has 0 aliphatic rings. The summed E-state index contributed by atoms with van der Waals surface area (Å²) in [5.41, 5.74) is 2.63. The highest BCUT2D eigenvalue weighted by atomic mass is 16.6. The Bertz CT molecular complexity index is 1100. The topological polar surface area (TPSA) is 108 Å². The minimum Gasteiger partial charge on any atom is -0.444 e. The van der Waals surface area contributed by atoms with Crippen molar-refractivity contribution < 1.29 is 24.2 Å². The van der Waals surface area contributed by atoms with E-state index in [2.05, 4.69) is 10.6 Å². The van der Waals surface area contributed by atoms with Crippen LogP contribution in [-0.4, -0.2) is 58.8 Å². The van der Waals surface area contributed by atoms with Crippen molar-refractivity contribution in [1.29, 1.82) is 0 Å². The zero-order valence-electron chi connectivity index (χ0n) is 24.4. The molecule has 0 aliphatic carbocycles. The fourth-order valence-electron chi connectivity index (χ4n) is 4.58. The minimum absolute atomic E-state index is 0.0896. The van der Waals surface area contributed by atoms with Gasteiger partial charge in [0.15, 0.2) is 0 Å². The second kappa shape index (κ2) is 14.7. The highest BCUT2D eigenvalue weighted by molar-refractivity contribution is 5.92. The molecule has 3 N–H and O–H groups in total. The first-order chi connectivity index (χ1) is 18.4. The van der Waals surface area contributed by atoms with Gasteiger partial charge >= 0.3 is 6.09 Å². The summed E-state index contributed by atoms with van der Waals surface area (Å²) in [5.74, 6) is -0.817. The van der Waals surface area contributed by atoms with E-state index in [0.29, 0.717) is 5.56 Å². The molecule has 2 aromatic carbocycles. The van der Waals surface area contributed by atoms with Gasteiger partial charge in [-0.2, -0.15) is 0 Å². The van der Waals surface area contributed by atoms with E-state index >= 15 is 0 Å². The molecule has 0 radical (unpaired) electrons. The molecule has 0 aliphatic heterocycles. The second-order valence-electron chi connectivity index (χ2n) is 11.1. The Morgan fingerprint density at radius 3 is 2.26 bits per heavy atom. The third-order valence-corrected chi connectivity index (χ3v) is 6.29. The van der Waals surface area contributed by atoms with Crippen LogP contribution < -0.4 is 10.6 Å². The summed E-state index contributed by atoms with van der Waals surface area (Å²) in [4.78, 5) is 42.2. The van der Waals surface area contributed by atoms with Gasteiger partial charge in [0.2, 0.25) is 11.8 Å². The second-order valence-corrected chi connectivity index (χ2v) is 11.1. The van der Waals surface area contributed by atoms with Gasteiger partial charge in [-0.15, -0.1) is 0 Å². The van der Waals surface area contributed by atoms with E-state index in [1.54, 1.807) is 20.8 Å². The lowest BCUT2D eigenvalue weighted by atomic mass is 9.95. The van der Waals surface area contributed by atoms with Gasteiger partial charge in [-0.05, 0) is 64.7 Å². The van der Waals surface area contributed by atoms with Crippen LogP contribution in [0.25, 0.3) is 0 Å². The third-order valence-electron chi connectivity index (χ3n) is 6.29. The van der Waals surface area contributed by atoms with E-state index in [-0.39, 0.29) is 31.5 Å². The van der Waals surface area contributed by atoms with Crippen molar-refractivity contribution in [2.45, 2.75) is 91.5 Å². The molecule has 0 saturated carbocycles. The first-order valence-electron chi connectivity index (χ1n) is 13.7. The first kappa shape index (κ1) is 31.8. The summed E-state index contributed by atoms with van der Waals surface area (Å²) in [5, 5.41) is 15.8. The Morgan fingerprint density at radius 1 is 1.03 bits per heavy atom. The number of nitrogens with zero attached hydrogens (tertiary/aromatic N) is 1. The van der Waals surface area contributed by atoms with Crippen molar-refractivity contribution >= 4 is 17.9 Å². The van der Waals surface area contributed by atoms with E-state index in [0.717, 1.165) is 29.5 Å². The predicted molar refractivity (Wildman–Crippen MR) is 153 cm³/mol. The monoisotopic (exact) mass is 539 g/mol. The standard InChI is InChI=1S/C31H45N3O5/c1-8-12-23(4)32-28(36)27(25-16-15-21(2)19-22(25)3)34(17-18-35)29(37)26(20-24-13-10-9-11-14-24)33-30(38)39-31(5,6)7/h9-11,13-16,19,23,26-27,35H,8,12,17-18,20H2,1-7H3,(H,32,36)(H,33,38). The average molecular weight is 540 g/mol. The molecule has 2 rings (SSSR count). The number of aryl methyl sites for hydroxylation is 2. The normalized spacial score (nSPS) is 13.6. The molecule has 2 aromatic rings. The van der Waals surface area contributed by atoms with Crippen LogP contribution in [-0.2, 0) is 20.7 Å². The van der Waals surface area contributed by atoms with Gasteiger partial charge in [-0.25, -0.2) is 4.79 Å². The zero-order valence-corrected chi connectivity index (χ0v) is 24.4. The molecule has 3 atom stereocenters. The molecule has 0 saturated heterocycles. The summed E-state index contributed by atoms with van der Waals surface area (Å²) in [6, 6.07) is 12.9. The lowest BCUT2D eigenvalue weighted by molar-refractivity contribution is -0.143. The van der Waals surface area contributed by atoms with E-state index < -0.39 is 29.7 Å². The van der Waals surface area contributed by atoms with Crippen LogP contribution in [0.15, 0.2) is 48.5 Å². The van der Waals surface area contributed by atoms with Gasteiger partial charge in [0.25, 0.3) is 0 Å². The first-order valence-corrected chi connectivity index (χ1v) is 13.7. The Kier molecular flexibility index (Phi) is 12.0. The van der Waals surface area contributed by atoms with Gasteiger partial charge in [-0.3, -0.25) is 9.59 Å². The molecule has 8 nitrogen and oxygen atoms in total. The van der Waals surface area contributed by atoms with Crippen molar-refractivity contribution in [2.75, 3.05) is 13.2 Å². The number of carbonyl (C=O) groups is 3. The molecule has 0 heterocycles. The Balaban J connectivity index is 2.55. The summed E-state index contributed by atoms with van der Waals surface area (Å²) in [6.07, 6.45) is 1.14. The fourth-order valence-corrected chi connectivity index (χ4v) is 4.58. The fraction of sp³-hybridized carbons (Fsp3) is 0.516. The lowest BCUT2D eigenvalue weighted by Gasteiger charge is -2.35. The smallest absolute Gasteiger partial charge is 0.408 e. The van der Waals surface area contributed by atoms with E-state index in [9.17, 15) is 19.5 Å². The number of ether oxygens (including phenoxy) is 1. The number of carbonyl (C=O) groups excluding carboxylic acids is 3. The van der Waals surface area contributed by atoms with Crippen molar-refractivity contribution in [3.8, 4) is 0 Å². The van der Waals surface area contributed by atoms with Gasteiger partial charge in [0, 0.05) is 19.0 Å². The Hall–Kier alpha value is -3.39. The maximum absolute atomic E-state index is 14.2. The van der Waals surface area contributed by atoms with Crippen LogP contribution >= 0.6 is 0 Å². The zero-order chi connectivity index (χ0) is 29.2. The maximum atomic E-state index is 14.2. The van der Waals surface area contributed by atoms with E-state index in [1.165, 1.54) is 4.90 Å².